The smallest absolute Gasteiger partial charge is 0.356 e. The van der Waals surface area contributed by atoms with Gasteiger partial charge in [-0.2, -0.15) is 9.78 Å². The van der Waals surface area contributed by atoms with Crippen molar-refractivity contribution >= 4 is 5.97 Å². The summed E-state index contributed by atoms with van der Waals surface area (Å²) in [6.45, 7) is 1.54. The number of carboxylic acid groups (broad SMARTS) is 1. The molecule has 1 aromatic carbocycles. The maximum Gasteiger partial charge on any atom is 0.356 e. The number of rotatable bonds is 3. The van der Waals surface area contributed by atoms with E-state index in [1.54, 1.807) is 24.3 Å². The molecule has 0 amide bonds. The first-order valence-corrected chi connectivity index (χ1v) is 5.51. The van der Waals surface area contributed by atoms with Crippen LogP contribution < -0.4 is 10.3 Å². The second-order valence-corrected chi connectivity index (χ2v) is 3.93. The number of nitrogens with zero attached hydrogens (tertiary/aromatic N) is 2. The predicted octanol–water partition coefficient (Wildman–Crippen LogP) is 1.25. The maximum atomic E-state index is 11.8. The number of benzene rings is 1. The number of aromatic nitrogens is 2. The Morgan fingerprint density at radius 1 is 1.32 bits per heavy atom. The van der Waals surface area contributed by atoms with Gasteiger partial charge in [-0.3, -0.25) is 4.79 Å². The van der Waals surface area contributed by atoms with E-state index in [4.69, 9.17) is 9.84 Å². The van der Waals surface area contributed by atoms with E-state index in [1.165, 1.54) is 20.1 Å². The maximum absolute atomic E-state index is 11.8. The van der Waals surface area contributed by atoms with Gasteiger partial charge in [0, 0.05) is 6.07 Å². The molecule has 6 heteroatoms. The minimum absolute atomic E-state index is 0.143. The Balaban J connectivity index is 2.57. The van der Waals surface area contributed by atoms with Crippen molar-refractivity contribution < 1.29 is 14.6 Å². The lowest BCUT2D eigenvalue weighted by Crippen LogP contribution is -2.24. The van der Waals surface area contributed by atoms with Gasteiger partial charge < -0.3 is 9.84 Å². The van der Waals surface area contributed by atoms with Crippen LogP contribution in [0.25, 0.3) is 5.69 Å². The lowest BCUT2D eigenvalue weighted by Gasteiger charge is -2.07. The Kier molecular flexibility index (Phi) is 3.33. The Morgan fingerprint density at radius 2 is 1.95 bits per heavy atom. The minimum Gasteiger partial charge on any atom is -0.497 e. The second-order valence-electron chi connectivity index (χ2n) is 3.93. The zero-order valence-corrected chi connectivity index (χ0v) is 10.5. The highest BCUT2D eigenvalue weighted by molar-refractivity contribution is 5.86. The van der Waals surface area contributed by atoms with Crippen molar-refractivity contribution in [1.82, 2.24) is 9.78 Å². The molecule has 1 aromatic heterocycles. The van der Waals surface area contributed by atoms with E-state index in [0.717, 1.165) is 4.68 Å². The number of hydrogen-bond acceptors (Lipinski definition) is 4. The van der Waals surface area contributed by atoms with Crippen molar-refractivity contribution in [2.24, 2.45) is 0 Å². The molecule has 2 rings (SSSR count). The van der Waals surface area contributed by atoms with Gasteiger partial charge in [-0.15, -0.1) is 0 Å². The molecular formula is C13H12N2O4. The molecular weight excluding hydrogens is 248 g/mol. The summed E-state index contributed by atoms with van der Waals surface area (Å²) in [4.78, 5) is 22.9. The highest BCUT2D eigenvalue weighted by Crippen LogP contribution is 2.13. The van der Waals surface area contributed by atoms with Crippen LogP contribution in [0.15, 0.2) is 35.1 Å². The van der Waals surface area contributed by atoms with Crippen molar-refractivity contribution in [2.45, 2.75) is 6.92 Å². The van der Waals surface area contributed by atoms with E-state index in [9.17, 15) is 9.59 Å². The Morgan fingerprint density at radius 3 is 2.47 bits per heavy atom. The van der Waals surface area contributed by atoms with Crippen molar-refractivity contribution in [2.75, 3.05) is 7.11 Å². The summed E-state index contributed by atoms with van der Waals surface area (Å²) in [5.41, 5.74) is 0.290. The molecule has 0 saturated heterocycles. The quantitative estimate of drug-likeness (QED) is 0.898. The number of aryl methyl sites for hydroxylation is 1. The Labute approximate surface area is 108 Å². The summed E-state index contributed by atoms with van der Waals surface area (Å²) >= 11 is 0. The first-order chi connectivity index (χ1) is 9.02. The number of aromatic carboxylic acids is 1. The van der Waals surface area contributed by atoms with Gasteiger partial charge in [-0.1, -0.05) is 0 Å². The SMILES string of the molecule is COc1ccc(-n2nc(C(=O)O)c(C)cc2=O)cc1. The highest BCUT2D eigenvalue weighted by atomic mass is 16.5. The fourth-order valence-electron chi connectivity index (χ4n) is 1.66. The summed E-state index contributed by atoms with van der Waals surface area (Å²) in [6, 6.07) is 7.86. The van der Waals surface area contributed by atoms with Gasteiger partial charge in [0.05, 0.1) is 12.8 Å². The van der Waals surface area contributed by atoms with Crippen LogP contribution in [0.5, 0.6) is 5.75 Å². The summed E-state index contributed by atoms with van der Waals surface area (Å²) in [7, 11) is 1.54. The zero-order chi connectivity index (χ0) is 14.0. The molecule has 0 aliphatic heterocycles. The predicted molar refractivity (Wildman–Crippen MR) is 68.1 cm³/mol. The lowest BCUT2D eigenvalue weighted by molar-refractivity contribution is 0.0687. The Hall–Kier alpha value is -2.63. The van der Waals surface area contributed by atoms with Crippen LogP contribution in [-0.2, 0) is 0 Å². The molecule has 19 heavy (non-hydrogen) atoms. The van der Waals surface area contributed by atoms with Crippen LogP contribution in [0.2, 0.25) is 0 Å². The standard InChI is InChI=1S/C13H12N2O4/c1-8-7-11(16)15(14-12(8)13(17)18)9-3-5-10(19-2)6-4-9/h3-7H,1-2H3,(H,17,18). The first kappa shape index (κ1) is 12.8. The van der Waals surface area contributed by atoms with Gasteiger partial charge in [0.1, 0.15) is 5.75 Å². The van der Waals surface area contributed by atoms with Crippen LogP contribution in [-0.4, -0.2) is 28.0 Å². The molecule has 0 bridgehead atoms. The molecule has 0 saturated carbocycles. The van der Waals surface area contributed by atoms with Crippen LogP contribution in [0, 0.1) is 6.92 Å². The van der Waals surface area contributed by atoms with Crippen LogP contribution in [0.4, 0.5) is 0 Å². The molecule has 0 aliphatic rings. The van der Waals surface area contributed by atoms with E-state index < -0.39 is 5.97 Å². The van der Waals surface area contributed by atoms with E-state index in [2.05, 4.69) is 5.10 Å². The van der Waals surface area contributed by atoms with Gasteiger partial charge in [0.2, 0.25) is 0 Å². The topological polar surface area (TPSA) is 81.4 Å². The fraction of sp³-hybridized carbons (Fsp3) is 0.154. The molecule has 6 nitrogen and oxygen atoms in total. The van der Waals surface area contributed by atoms with Crippen LogP contribution in [0.3, 0.4) is 0 Å². The summed E-state index contributed by atoms with van der Waals surface area (Å²) in [5, 5.41) is 12.9. The van der Waals surface area contributed by atoms with Crippen molar-refractivity contribution in [3.8, 4) is 11.4 Å². The van der Waals surface area contributed by atoms with Crippen molar-refractivity contribution in [3.63, 3.8) is 0 Å². The number of methoxy groups -OCH3 is 1. The van der Waals surface area contributed by atoms with Crippen molar-refractivity contribution in [1.29, 1.82) is 0 Å². The molecule has 0 spiro atoms. The number of carbonyl (C=O) groups is 1. The Bertz CT molecular complexity index is 674. The third-order valence-corrected chi connectivity index (χ3v) is 2.64. The normalized spacial score (nSPS) is 10.2. The molecule has 2 aromatic rings. The largest absolute Gasteiger partial charge is 0.497 e. The number of hydrogen-bond donors (Lipinski definition) is 1. The summed E-state index contributed by atoms with van der Waals surface area (Å²) in [5.74, 6) is -0.526. The first-order valence-electron chi connectivity index (χ1n) is 5.51. The molecule has 98 valence electrons. The van der Waals surface area contributed by atoms with E-state index in [1.807, 2.05) is 0 Å². The fourth-order valence-corrected chi connectivity index (χ4v) is 1.66. The third kappa shape index (κ3) is 2.47. The molecule has 0 unspecified atom stereocenters. The molecule has 0 atom stereocenters. The molecule has 0 fully saturated rings. The summed E-state index contributed by atoms with van der Waals surface area (Å²) in [6.07, 6.45) is 0. The van der Waals surface area contributed by atoms with Gasteiger partial charge in [0.25, 0.3) is 5.56 Å². The van der Waals surface area contributed by atoms with Crippen LogP contribution in [0.1, 0.15) is 16.1 Å². The zero-order valence-electron chi connectivity index (χ0n) is 10.5. The molecule has 1 heterocycles. The average molecular weight is 260 g/mol. The van der Waals surface area contributed by atoms with E-state index in [-0.39, 0.29) is 11.3 Å². The van der Waals surface area contributed by atoms with Gasteiger partial charge in [-0.05, 0) is 36.8 Å². The number of ether oxygens (including phenoxy) is 1. The summed E-state index contributed by atoms with van der Waals surface area (Å²) < 4.78 is 6.07. The van der Waals surface area contributed by atoms with Crippen molar-refractivity contribution in [3.05, 3.63) is 51.9 Å². The van der Waals surface area contributed by atoms with Gasteiger partial charge in [0.15, 0.2) is 5.69 Å². The van der Waals surface area contributed by atoms with E-state index >= 15 is 0 Å². The van der Waals surface area contributed by atoms with Gasteiger partial charge >= 0.3 is 5.97 Å². The second kappa shape index (κ2) is 4.93. The molecule has 0 aliphatic carbocycles. The minimum atomic E-state index is -1.17. The van der Waals surface area contributed by atoms with E-state index in [0.29, 0.717) is 17.0 Å². The number of carboxylic acids is 1. The molecule has 0 radical (unpaired) electrons. The third-order valence-electron chi connectivity index (χ3n) is 2.64. The lowest BCUT2D eigenvalue weighted by atomic mass is 10.2. The highest BCUT2D eigenvalue weighted by Gasteiger charge is 2.13. The monoisotopic (exact) mass is 260 g/mol. The van der Waals surface area contributed by atoms with Gasteiger partial charge in [-0.25, -0.2) is 4.79 Å². The molecule has 1 N–H and O–H groups in total. The van der Waals surface area contributed by atoms with Crippen LogP contribution >= 0.6 is 0 Å². The average Bonchev–Trinajstić information content (AvgIpc) is 2.38.